The number of hydrogen-bond donors (Lipinski definition) is 0. The fourth-order valence-corrected chi connectivity index (χ4v) is 4.19. The van der Waals surface area contributed by atoms with E-state index in [9.17, 15) is 12.8 Å². The van der Waals surface area contributed by atoms with Crippen LogP contribution < -0.4 is 0 Å². The smallest absolute Gasteiger partial charge is 0.228 e. The molecule has 1 atom stereocenters. The summed E-state index contributed by atoms with van der Waals surface area (Å²) in [6, 6.07) is 5.98. The highest BCUT2D eigenvalue weighted by molar-refractivity contribution is 7.91. The summed E-state index contributed by atoms with van der Waals surface area (Å²) in [7, 11) is -3.77. The van der Waals surface area contributed by atoms with Crippen molar-refractivity contribution in [3.05, 3.63) is 47.0 Å². The molecule has 0 fully saturated rings. The molecular weight excluding hydrogens is 315 g/mol. The van der Waals surface area contributed by atoms with E-state index in [1.165, 1.54) is 19.1 Å². The van der Waals surface area contributed by atoms with Crippen molar-refractivity contribution in [2.45, 2.75) is 57.5 Å². The van der Waals surface area contributed by atoms with Crippen molar-refractivity contribution < 1.29 is 12.8 Å². The summed E-state index contributed by atoms with van der Waals surface area (Å²) in [6.07, 6.45) is 1.83. The van der Waals surface area contributed by atoms with Gasteiger partial charge in [0.1, 0.15) is 5.82 Å². The zero-order valence-corrected chi connectivity index (χ0v) is 14.8. The number of aryl methyl sites for hydroxylation is 1. The van der Waals surface area contributed by atoms with Gasteiger partial charge in [-0.2, -0.15) is 0 Å². The van der Waals surface area contributed by atoms with E-state index in [-0.39, 0.29) is 10.7 Å². The van der Waals surface area contributed by atoms with Crippen molar-refractivity contribution in [1.82, 2.24) is 9.55 Å². The second-order valence-corrected chi connectivity index (χ2v) is 7.94. The van der Waals surface area contributed by atoms with E-state index >= 15 is 0 Å². The minimum Gasteiger partial charge on any atom is -0.319 e. The molecule has 0 bridgehead atoms. The highest BCUT2D eigenvalue weighted by atomic mass is 32.2. The molecule has 0 aliphatic rings. The van der Waals surface area contributed by atoms with Gasteiger partial charge in [0, 0.05) is 17.8 Å². The standard InChI is InChI=1S/C17H23FN2O2S/c1-5-6-11-20-13(3)12(2)19-17(20)23(21,22)14(4)15-9-7-8-10-16(15)18/h7-10,14H,5-6,11H2,1-4H3. The molecule has 2 aromatic rings. The van der Waals surface area contributed by atoms with Gasteiger partial charge in [0.2, 0.25) is 15.0 Å². The van der Waals surface area contributed by atoms with Crippen LogP contribution in [0.5, 0.6) is 0 Å². The summed E-state index contributed by atoms with van der Waals surface area (Å²) in [5.74, 6) is -0.510. The SMILES string of the molecule is CCCCn1c(S(=O)(=O)C(C)c2ccccc2F)nc(C)c1C. The molecule has 4 nitrogen and oxygen atoms in total. The molecule has 0 spiro atoms. The highest BCUT2D eigenvalue weighted by Crippen LogP contribution is 2.30. The predicted octanol–water partition coefficient (Wildman–Crippen LogP) is 3.97. The van der Waals surface area contributed by atoms with E-state index in [2.05, 4.69) is 11.9 Å². The molecule has 0 N–H and O–H groups in total. The molecule has 0 radical (unpaired) electrons. The molecule has 1 aromatic carbocycles. The van der Waals surface area contributed by atoms with Gasteiger partial charge in [0.25, 0.3) is 0 Å². The molecular formula is C17H23FN2O2S. The van der Waals surface area contributed by atoms with Crippen LogP contribution in [-0.2, 0) is 16.4 Å². The Balaban J connectivity index is 2.52. The number of benzene rings is 1. The summed E-state index contributed by atoms with van der Waals surface area (Å²) >= 11 is 0. The van der Waals surface area contributed by atoms with Crippen LogP contribution in [0, 0.1) is 19.7 Å². The van der Waals surface area contributed by atoms with Crippen molar-refractivity contribution in [3.8, 4) is 0 Å². The van der Waals surface area contributed by atoms with Crippen molar-refractivity contribution >= 4 is 9.84 Å². The van der Waals surface area contributed by atoms with Crippen LogP contribution in [0.25, 0.3) is 0 Å². The number of aromatic nitrogens is 2. The Kier molecular flexibility index (Phi) is 5.24. The van der Waals surface area contributed by atoms with Gasteiger partial charge in [-0.25, -0.2) is 17.8 Å². The number of sulfone groups is 1. The molecule has 1 aromatic heterocycles. The first-order valence-corrected chi connectivity index (χ1v) is 9.37. The molecule has 2 rings (SSSR count). The molecule has 6 heteroatoms. The number of halogens is 1. The van der Waals surface area contributed by atoms with Crippen LogP contribution in [0.4, 0.5) is 4.39 Å². The minimum atomic E-state index is -3.77. The van der Waals surface area contributed by atoms with Crippen molar-refractivity contribution in [2.75, 3.05) is 0 Å². The van der Waals surface area contributed by atoms with Crippen LogP contribution in [0.1, 0.15) is 48.9 Å². The molecule has 1 unspecified atom stereocenters. The number of rotatable bonds is 6. The van der Waals surface area contributed by atoms with Crippen LogP contribution in [0.2, 0.25) is 0 Å². The maximum atomic E-state index is 14.0. The highest BCUT2D eigenvalue weighted by Gasteiger charge is 2.32. The Morgan fingerprint density at radius 1 is 1.26 bits per heavy atom. The molecule has 0 saturated carbocycles. The van der Waals surface area contributed by atoms with Crippen LogP contribution in [0.3, 0.4) is 0 Å². The molecule has 126 valence electrons. The maximum Gasteiger partial charge on any atom is 0.228 e. The average Bonchev–Trinajstić information content (AvgIpc) is 2.81. The fraction of sp³-hybridized carbons (Fsp3) is 0.471. The van der Waals surface area contributed by atoms with Crippen LogP contribution in [0.15, 0.2) is 29.4 Å². The zero-order valence-electron chi connectivity index (χ0n) is 14.0. The summed E-state index contributed by atoms with van der Waals surface area (Å²) in [5, 5.41) is -0.943. The summed E-state index contributed by atoms with van der Waals surface area (Å²) < 4.78 is 41.7. The van der Waals surface area contributed by atoms with Crippen molar-refractivity contribution in [3.63, 3.8) is 0 Å². The first-order valence-electron chi connectivity index (χ1n) is 7.82. The lowest BCUT2D eigenvalue weighted by Crippen LogP contribution is -2.18. The zero-order chi connectivity index (χ0) is 17.2. The second-order valence-electron chi connectivity index (χ2n) is 5.78. The third-order valence-corrected chi connectivity index (χ3v) is 6.23. The maximum absolute atomic E-state index is 14.0. The quantitative estimate of drug-likeness (QED) is 0.801. The van der Waals surface area contributed by atoms with E-state index in [0.29, 0.717) is 12.2 Å². The lowest BCUT2D eigenvalue weighted by Gasteiger charge is -2.15. The van der Waals surface area contributed by atoms with E-state index < -0.39 is 20.9 Å². The number of hydrogen-bond acceptors (Lipinski definition) is 3. The van der Waals surface area contributed by atoms with E-state index in [4.69, 9.17) is 0 Å². The lowest BCUT2D eigenvalue weighted by molar-refractivity contribution is 0.530. The van der Waals surface area contributed by atoms with E-state index in [1.807, 2.05) is 6.92 Å². The largest absolute Gasteiger partial charge is 0.319 e. The molecule has 0 saturated heterocycles. The summed E-state index contributed by atoms with van der Waals surface area (Å²) in [5.41, 5.74) is 1.71. The number of unbranched alkanes of at least 4 members (excludes halogenated alkanes) is 1. The van der Waals surface area contributed by atoms with Crippen LogP contribution in [-0.4, -0.2) is 18.0 Å². The van der Waals surface area contributed by atoms with Gasteiger partial charge in [0.05, 0.1) is 10.9 Å². The Labute approximate surface area is 137 Å². The Morgan fingerprint density at radius 2 is 1.91 bits per heavy atom. The molecule has 0 aliphatic heterocycles. The first-order chi connectivity index (χ1) is 10.8. The van der Waals surface area contributed by atoms with Gasteiger partial charge in [-0.05, 0) is 33.3 Å². The van der Waals surface area contributed by atoms with Crippen molar-refractivity contribution in [1.29, 1.82) is 0 Å². The number of nitrogens with zero attached hydrogens (tertiary/aromatic N) is 2. The number of imidazole rings is 1. The van der Waals surface area contributed by atoms with Crippen molar-refractivity contribution in [2.24, 2.45) is 0 Å². The Bertz CT molecular complexity index is 797. The second kappa shape index (κ2) is 6.83. The van der Waals surface area contributed by atoms with Gasteiger partial charge >= 0.3 is 0 Å². The van der Waals surface area contributed by atoms with Gasteiger partial charge in [-0.1, -0.05) is 31.5 Å². The fourth-order valence-electron chi connectivity index (χ4n) is 2.55. The Hall–Kier alpha value is -1.69. The molecule has 0 aliphatic carbocycles. The minimum absolute atomic E-state index is 0.0386. The van der Waals surface area contributed by atoms with E-state index in [0.717, 1.165) is 18.5 Å². The lowest BCUT2D eigenvalue weighted by atomic mass is 10.1. The molecule has 0 amide bonds. The normalized spacial score (nSPS) is 13.3. The molecule has 1 heterocycles. The summed E-state index contributed by atoms with van der Waals surface area (Å²) in [6.45, 7) is 7.82. The summed E-state index contributed by atoms with van der Waals surface area (Å²) in [4.78, 5) is 4.26. The predicted molar refractivity (Wildman–Crippen MR) is 88.6 cm³/mol. The van der Waals surface area contributed by atoms with Gasteiger partial charge in [-0.3, -0.25) is 0 Å². The van der Waals surface area contributed by atoms with Crippen LogP contribution >= 0.6 is 0 Å². The monoisotopic (exact) mass is 338 g/mol. The first kappa shape index (κ1) is 17.7. The third-order valence-electron chi connectivity index (χ3n) is 4.22. The average molecular weight is 338 g/mol. The third kappa shape index (κ3) is 3.32. The topological polar surface area (TPSA) is 52.0 Å². The Morgan fingerprint density at radius 3 is 2.52 bits per heavy atom. The molecule has 23 heavy (non-hydrogen) atoms. The van der Waals surface area contributed by atoms with Gasteiger partial charge in [-0.15, -0.1) is 0 Å². The van der Waals surface area contributed by atoms with Gasteiger partial charge < -0.3 is 4.57 Å². The van der Waals surface area contributed by atoms with Gasteiger partial charge in [0.15, 0.2) is 0 Å². The van der Waals surface area contributed by atoms with E-state index in [1.54, 1.807) is 23.6 Å².